The summed E-state index contributed by atoms with van der Waals surface area (Å²) in [6.07, 6.45) is 18.8. The Labute approximate surface area is 155 Å². The molecule has 1 aromatic carbocycles. The minimum Gasteiger partial charge on any atom is -0.508 e. The number of phenolic OH excluding ortho intramolecular Hbond substituents is 1. The van der Waals surface area contributed by atoms with Crippen molar-refractivity contribution in [3.63, 3.8) is 0 Å². The predicted octanol–water partition coefficient (Wildman–Crippen LogP) is 7.13. The quantitative estimate of drug-likeness (QED) is 0.559. The van der Waals surface area contributed by atoms with Gasteiger partial charge in [-0.1, -0.05) is 89.7 Å². The van der Waals surface area contributed by atoms with Gasteiger partial charge in [-0.05, 0) is 54.2 Å². The summed E-state index contributed by atoms with van der Waals surface area (Å²) >= 11 is 0. The molecule has 0 unspecified atom stereocenters. The van der Waals surface area contributed by atoms with Gasteiger partial charge in [-0.2, -0.15) is 0 Å². The Morgan fingerprint density at radius 2 is 1.12 bits per heavy atom. The molecule has 0 aliphatic heterocycles. The van der Waals surface area contributed by atoms with Gasteiger partial charge in [0.05, 0.1) is 0 Å². The standard InChI is InChI=1S/C24H38O/c1-2-19-3-5-20(6-4-19)7-8-21-9-11-22(12-10-21)13-14-23-15-17-24(25)18-16-23/h15-22,25H,2-14H2,1H3/t19-,20-,21-,22-. The van der Waals surface area contributed by atoms with E-state index in [1.165, 1.54) is 89.0 Å². The molecule has 2 saturated carbocycles. The van der Waals surface area contributed by atoms with Gasteiger partial charge < -0.3 is 5.11 Å². The van der Waals surface area contributed by atoms with Crippen LogP contribution < -0.4 is 0 Å². The first-order valence-electron chi connectivity index (χ1n) is 11.0. The topological polar surface area (TPSA) is 20.2 Å². The molecule has 0 spiro atoms. The molecule has 0 heterocycles. The first-order chi connectivity index (χ1) is 12.2. The Hall–Kier alpha value is -0.980. The van der Waals surface area contributed by atoms with Crippen molar-refractivity contribution in [2.24, 2.45) is 23.7 Å². The van der Waals surface area contributed by atoms with Crippen molar-refractivity contribution in [3.05, 3.63) is 29.8 Å². The molecule has 0 atom stereocenters. The lowest BCUT2D eigenvalue weighted by molar-refractivity contribution is 0.212. The Balaban J connectivity index is 1.29. The Kier molecular flexibility index (Phi) is 7.25. The molecule has 140 valence electrons. The number of aromatic hydroxyl groups is 1. The van der Waals surface area contributed by atoms with E-state index in [1.807, 2.05) is 12.1 Å². The van der Waals surface area contributed by atoms with Crippen LogP contribution >= 0.6 is 0 Å². The molecule has 0 amide bonds. The van der Waals surface area contributed by atoms with E-state index in [1.54, 1.807) is 0 Å². The Bertz CT molecular complexity index is 475. The zero-order valence-corrected chi connectivity index (χ0v) is 16.3. The van der Waals surface area contributed by atoms with Crippen LogP contribution in [-0.4, -0.2) is 5.11 Å². The van der Waals surface area contributed by atoms with Gasteiger partial charge in [-0.15, -0.1) is 0 Å². The van der Waals surface area contributed by atoms with Crippen LogP contribution in [-0.2, 0) is 6.42 Å². The molecule has 1 nitrogen and oxygen atoms in total. The molecule has 0 aromatic heterocycles. The summed E-state index contributed by atoms with van der Waals surface area (Å²) < 4.78 is 0. The lowest BCUT2D eigenvalue weighted by atomic mass is 9.74. The first kappa shape index (κ1) is 18.8. The summed E-state index contributed by atoms with van der Waals surface area (Å²) in [5, 5.41) is 9.37. The largest absolute Gasteiger partial charge is 0.508 e. The van der Waals surface area contributed by atoms with E-state index < -0.39 is 0 Å². The molecule has 0 saturated heterocycles. The number of hydrogen-bond donors (Lipinski definition) is 1. The summed E-state index contributed by atoms with van der Waals surface area (Å²) in [6, 6.07) is 7.79. The zero-order chi connectivity index (χ0) is 17.5. The number of hydrogen-bond acceptors (Lipinski definition) is 1. The van der Waals surface area contributed by atoms with Crippen LogP contribution in [0, 0.1) is 23.7 Å². The molecule has 0 radical (unpaired) electrons. The fourth-order valence-corrected chi connectivity index (χ4v) is 5.24. The SMILES string of the molecule is CC[C@H]1CC[C@H](CC[C@H]2CC[C@H](CCc3ccc(O)cc3)CC2)CC1. The van der Waals surface area contributed by atoms with Gasteiger partial charge in [0.25, 0.3) is 0 Å². The van der Waals surface area contributed by atoms with Crippen molar-refractivity contribution in [3.8, 4) is 5.75 Å². The van der Waals surface area contributed by atoms with Crippen LogP contribution in [0.1, 0.15) is 89.5 Å². The van der Waals surface area contributed by atoms with E-state index in [-0.39, 0.29) is 0 Å². The minimum absolute atomic E-state index is 0.382. The summed E-state index contributed by atoms with van der Waals surface area (Å²) in [4.78, 5) is 0. The molecular formula is C24H38O. The molecule has 2 aliphatic rings. The van der Waals surface area contributed by atoms with Gasteiger partial charge >= 0.3 is 0 Å². The lowest BCUT2D eigenvalue weighted by Gasteiger charge is -2.32. The lowest BCUT2D eigenvalue weighted by Crippen LogP contribution is -2.18. The third-order valence-electron chi connectivity index (χ3n) is 7.27. The number of rotatable bonds is 7. The second-order valence-corrected chi connectivity index (χ2v) is 8.96. The highest BCUT2D eigenvalue weighted by Crippen LogP contribution is 2.38. The second-order valence-electron chi connectivity index (χ2n) is 8.96. The smallest absolute Gasteiger partial charge is 0.115 e. The minimum atomic E-state index is 0.382. The number of aryl methyl sites for hydroxylation is 1. The normalized spacial score (nSPS) is 30.3. The molecule has 2 fully saturated rings. The maximum absolute atomic E-state index is 9.37. The molecule has 1 N–H and O–H groups in total. The first-order valence-corrected chi connectivity index (χ1v) is 11.0. The van der Waals surface area contributed by atoms with Gasteiger partial charge in [0, 0.05) is 0 Å². The van der Waals surface area contributed by atoms with E-state index in [4.69, 9.17) is 0 Å². The third kappa shape index (κ3) is 6.04. The van der Waals surface area contributed by atoms with Gasteiger partial charge in [0.15, 0.2) is 0 Å². The van der Waals surface area contributed by atoms with E-state index in [0.717, 1.165) is 23.7 Å². The van der Waals surface area contributed by atoms with Gasteiger partial charge in [-0.3, -0.25) is 0 Å². The van der Waals surface area contributed by atoms with E-state index in [0.29, 0.717) is 5.75 Å². The fourth-order valence-electron chi connectivity index (χ4n) is 5.24. The molecule has 3 rings (SSSR count). The summed E-state index contributed by atoms with van der Waals surface area (Å²) in [5.41, 5.74) is 1.38. The second kappa shape index (κ2) is 9.64. The van der Waals surface area contributed by atoms with E-state index >= 15 is 0 Å². The van der Waals surface area contributed by atoms with Crippen molar-refractivity contribution >= 4 is 0 Å². The highest BCUT2D eigenvalue weighted by molar-refractivity contribution is 5.25. The van der Waals surface area contributed by atoms with Crippen LogP contribution in [0.5, 0.6) is 5.75 Å². The van der Waals surface area contributed by atoms with Crippen molar-refractivity contribution in [1.29, 1.82) is 0 Å². The monoisotopic (exact) mass is 342 g/mol. The third-order valence-corrected chi connectivity index (χ3v) is 7.27. The van der Waals surface area contributed by atoms with Crippen molar-refractivity contribution in [2.75, 3.05) is 0 Å². The number of phenols is 1. The predicted molar refractivity (Wildman–Crippen MR) is 107 cm³/mol. The molecule has 2 aliphatic carbocycles. The Morgan fingerprint density at radius 1 is 0.680 bits per heavy atom. The maximum atomic E-state index is 9.37. The van der Waals surface area contributed by atoms with Crippen molar-refractivity contribution in [1.82, 2.24) is 0 Å². The van der Waals surface area contributed by atoms with Crippen LogP contribution in [0.25, 0.3) is 0 Å². The van der Waals surface area contributed by atoms with E-state index in [2.05, 4.69) is 19.1 Å². The molecule has 0 bridgehead atoms. The highest BCUT2D eigenvalue weighted by Gasteiger charge is 2.24. The maximum Gasteiger partial charge on any atom is 0.115 e. The van der Waals surface area contributed by atoms with Crippen molar-refractivity contribution in [2.45, 2.75) is 90.4 Å². The van der Waals surface area contributed by atoms with Gasteiger partial charge in [0.1, 0.15) is 5.75 Å². The molecule has 1 heteroatoms. The number of benzene rings is 1. The van der Waals surface area contributed by atoms with E-state index in [9.17, 15) is 5.11 Å². The summed E-state index contributed by atoms with van der Waals surface area (Å²) in [5.74, 6) is 4.43. The molecule has 25 heavy (non-hydrogen) atoms. The fraction of sp³-hybridized carbons (Fsp3) is 0.750. The Morgan fingerprint density at radius 3 is 1.60 bits per heavy atom. The summed E-state index contributed by atoms with van der Waals surface area (Å²) in [6.45, 7) is 2.37. The average molecular weight is 343 g/mol. The molecule has 1 aromatic rings. The van der Waals surface area contributed by atoms with Crippen LogP contribution in [0.2, 0.25) is 0 Å². The van der Waals surface area contributed by atoms with Crippen LogP contribution in [0.4, 0.5) is 0 Å². The molecular weight excluding hydrogens is 304 g/mol. The van der Waals surface area contributed by atoms with Crippen LogP contribution in [0.15, 0.2) is 24.3 Å². The van der Waals surface area contributed by atoms with Crippen molar-refractivity contribution < 1.29 is 5.11 Å². The van der Waals surface area contributed by atoms with Gasteiger partial charge in [0.2, 0.25) is 0 Å². The average Bonchev–Trinajstić information content (AvgIpc) is 2.67. The van der Waals surface area contributed by atoms with Gasteiger partial charge in [-0.25, -0.2) is 0 Å². The highest BCUT2D eigenvalue weighted by atomic mass is 16.3. The zero-order valence-electron chi connectivity index (χ0n) is 16.3. The summed E-state index contributed by atoms with van der Waals surface area (Å²) in [7, 11) is 0. The van der Waals surface area contributed by atoms with Crippen LogP contribution in [0.3, 0.4) is 0 Å².